The van der Waals surface area contributed by atoms with Crippen LogP contribution in [-0.2, 0) is 9.84 Å². The summed E-state index contributed by atoms with van der Waals surface area (Å²) in [6.07, 6.45) is 1.16. The molecule has 1 aromatic heterocycles. The van der Waals surface area contributed by atoms with Crippen molar-refractivity contribution < 1.29 is 12.8 Å². The van der Waals surface area contributed by atoms with E-state index in [2.05, 4.69) is 15.5 Å². The third-order valence-corrected chi connectivity index (χ3v) is 4.28. The minimum Gasteiger partial charge on any atom is -0.403 e. The lowest BCUT2D eigenvalue weighted by molar-refractivity contribution is 0.588. The van der Waals surface area contributed by atoms with Gasteiger partial charge in [-0.05, 0) is 36.4 Å². The van der Waals surface area contributed by atoms with Crippen molar-refractivity contribution in [2.45, 2.75) is 4.90 Å². The molecule has 0 spiro atoms. The number of nitrogens with one attached hydrogen (secondary N) is 1. The van der Waals surface area contributed by atoms with E-state index in [1.54, 1.807) is 24.3 Å². The van der Waals surface area contributed by atoms with Gasteiger partial charge < -0.3 is 15.5 Å². The minimum absolute atomic E-state index is 0.190. The Kier molecular flexibility index (Phi) is 3.75. The van der Waals surface area contributed by atoms with Gasteiger partial charge in [-0.1, -0.05) is 17.2 Å². The average molecular weight is 330 g/mol. The summed E-state index contributed by atoms with van der Waals surface area (Å²) in [4.78, 5) is 0.242. The molecule has 7 nitrogen and oxygen atoms in total. The molecule has 3 aromatic rings. The Labute approximate surface area is 133 Å². The molecule has 0 saturated heterocycles. The van der Waals surface area contributed by atoms with E-state index in [-0.39, 0.29) is 10.9 Å². The molecule has 1 heterocycles. The summed E-state index contributed by atoms with van der Waals surface area (Å²) in [5, 5.41) is 10.8. The van der Waals surface area contributed by atoms with E-state index < -0.39 is 9.84 Å². The van der Waals surface area contributed by atoms with Gasteiger partial charge in [-0.25, -0.2) is 8.42 Å². The summed E-state index contributed by atoms with van der Waals surface area (Å²) >= 11 is 0. The van der Waals surface area contributed by atoms with E-state index in [0.29, 0.717) is 22.8 Å². The van der Waals surface area contributed by atoms with Crippen molar-refractivity contribution in [3.8, 4) is 11.5 Å². The lowest BCUT2D eigenvalue weighted by atomic mass is 10.2. The number of para-hydroxylation sites is 1. The fraction of sp³-hybridized carbons (Fsp3) is 0.0667. The smallest absolute Gasteiger partial charge is 0.320 e. The van der Waals surface area contributed by atoms with E-state index in [0.717, 1.165) is 6.26 Å². The molecule has 0 atom stereocenters. The van der Waals surface area contributed by atoms with Gasteiger partial charge in [0.15, 0.2) is 9.84 Å². The Balaban J connectivity index is 1.81. The first-order chi connectivity index (χ1) is 10.9. The van der Waals surface area contributed by atoms with Crippen LogP contribution in [0.4, 0.5) is 17.4 Å². The SMILES string of the molecule is CS(=O)(=O)c1ccc(Nc2nnc(-c3ccccc3N)o2)cc1. The van der Waals surface area contributed by atoms with Gasteiger partial charge in [0, 0.05) is 17.6 Å². The van der Waals surface area contributed by atoms with Gasteiger partial charge >= 0.3 is 6.01 Å². The maximum atomic E-state index is 11.4. The third-order valence-electron chi connectivity index (χ3n) is 3.15. The van der Waals surface area contributed by atoms with Crippen LogP contribution in [0.1, 0.15) is 0 Å². The van der Waals surface area contributed by atoms with E-state index in [9.17, 15) is 8.42 Å². The monoisotopic (exact) mass is 330 g/mol. The predicted molar refractivity (Wildman–Crippen MR) is 87.0 cm³/mol. The number of hydrogen-bond donors (Lipinski definition) is 2. The predicted octanol–water partition coefficient (Wildman–Crippen LogP) is 2.47. The highest BCUT2D eigenvalue weighted by Gasteiger charge is 2.11. The van der Waals surface area contributed by atoms with Crippen LogP contribution < -0.4 is 11.1 Å². The number of nitrogens with two attached hydrogens (primary N) is 1. The molecular weight excluding hydrogens is 316 g/mol. The summed E-state index contributed by atoms with van der Waals surface area (Å²) in [6, 6.07) is 13.6. The Hall–Kier alpha value is -2.87. The van der Waals surface area contributed by atoms with E-state index >= 15 is 0 Å². The Morgan fingerprint density at radius 1 is 1.04 bits per heavy atom. The molecule has 0 radical (unpaired) electrons. The first kappa shape index (κ1) is 15.0. The molecule has 0 amide bonds. The molecule has 2 aromatic carbocycles. The molecule has 0 aliphatic rings. The fourth-order valence-corrected chi connectivity index (χ4v) is 2.61. The van der Waals surface area contributed by atoms with Crippen LogP contribution in [0.5, 0.6) is 0 Å². The average Bonchev–Trinajstić information content (AvgIpc) is 2.95. The number of benzene rings is 2. The second kappa shape index (κ2) is 5.73. The quantitative estimate of drug-likeness (QED) is 0.707. The van der Waals surface area contributed by atoms with Gasteiger partial charge in [0.1, 0.15) is 0 Å². The number of sulfone groups is 1. The highest BCUT2D eigenvalue weighted by atomic mass is 32.2. The molecule has 3 rings (SSSR count). The first-order valence-electron chi connectivity index (χ1n) is 6.69. The maximum absolute atomic E-state index is 11.4. The molecule has 0 bridgehead atoms. The molecule has 118 valence electrons. The van der Waals surface area contributed by atoms with Crippen LogP contribution in [0.25, 0.3) is 11.5 Å². The van der Waals surface area contributed by atoms with Crippen molar-refractivity contribution >= 4 is 27.2 Å². The second-order valence-corrected chi connectivity index (χ2v) is 6.94. The third kappa shape index (κ3) is 3.32. The number of hydrogen-bond acceptors (Lipinski definition) is 7. The second-order valence-electron chi connectivity index (χ2n) is 4.92. The zero-order chi connectivity index (χ0) is 16.4. The van der Waals surface area contributed by atoms with Crippen molar-refractivity contribution in [3.05, 3.63) is 48.5 Å². The van der Waals surface area contributed by atoms with Gasteiger partial charge in [-0.15, -0.1) is 5.10 Å². The molecule has 0 fully saturated rings. The zero-order valence-electron chi connectivity index (χ0n) is 12.2. The molecule has 0 unspecified atom stereocenters. The Morgan fingerprint density at radius 3 is 2.39 bits per heavy atom. The lowest BCUT2D eigenvalue weighted by Crippen LogP contribution is -1.97. The van der Waals surface area contributed by atoms with Gasteiger partial charge in [0.05, 0.1) is 10.5 Å². The maximum Gasteiger partial charge on any atom is 0.320 e. The lowest BCUT2D eigenvalue weighted by Gasteiger charge is -2.03. The minimum atomic E-state index is -3.22. The van der Waals surface area contributed by atoms with Crippen LogP contribution in [-0.4, -0.2) is 24.9 Å². The number of anilines is 3. The van der Waals surface area contributed by atoms with Crippen molar-refractivity contribution in [3.63, 3.8) is 0 Å². The number of aromatic nitrogens is 2. The molecular formula is C15H14N4O3S. The summed E-state index contributed by atoms with van der Waals surface area (Å²) in [5.41, 5.74) is 7.69. The zero-order valence-corrected chi connectivity index (χ0v) is 13.0. The number of nitrogen functional groups attached to an aromatic ring is 1. The molecule has 0 aliphatic heterocycles. The normalized spacial score (nSPS) is 11.3. The number of nitrogens with zero attached hydrogens (tertiary/aromatic N) is 2. The topological polar surface area (TPSA) is 111 Å². The number of rotatable bonds is 4. The molecule has 8 heteroatoms. The molecule has 3 N–H and O–H groups in total. The van der Waals surface area contributed by atoms with E-state index in [1.165, 1.54) is 12.1 Å². The van der Waals surface area contributed by atoms with Crippen LogP contribution in [0, 0.1) is 0 Å². The molecule has 0 aliphatic carbocycles. The van der Waals surface area contributed by atoms with E-state index in [1.807, 2.05) is 12.1 Å². The molecule has 23 heavy (non-hydrogen) atoms. The summed E-state index contributed by atoms with van der Waals surface area (Å²) < 4.78 is 28.4. The van der Waals surface area contributed by atoms with Crippen molar-refractivity contribution in [1.29, 1.82) is 0 Å². The van der Waals surface area contributed by atoms with Crippen molar-refractivity contribution in [2.24, 2.45) is 0 Å². The van der Waals surface area contributed by atoms with Crippen LogP contribution >= 0.6 is 0 Å². The summed E-state index contributed by atoms with van der Waals surface area (Å²) in [6.45, 7) is 0. The standard InChI is InChI=1S/C15H14N4O3S/c1-23(20,21)11-8-6-10(7-9-11)17-15-19-18-14(22-15)12-4-2-3-5-13(12)16/h2-9H,16H2,1H3,(H,17,19). The fourth-order valence-electron chi connectivity index (χ4n) is 1.98. The highest BCUT2D eigenvalue weighted by molar-refractivity contribution is 7.90. The Morgan fingerprint density at radius 2 is 1.74 bits per heavy atom. The van der Waals surface area contributed by atoms with Crippen LogP contribution in [0.2, 0.25) is 0 Å². The summed E-state index contributed by atoms with van der Waals surface area (Å²) in [5.74, 6) is 0.304. The molecule has 0 saturated carbocycles. The van der Waals surface area contributed by atoms with Gasteiger partial charge in [0.25, 0.3) is 5.89 Å². The van der Waals surface area contributed by atoms with Crippen molar-refractivity contribution in [1.82, 2.24) is 10.2 Å². The van der Waals surface area contributed by atoms with Gasteiger partial charge in [-0.3, -0.25) is 0 Å². The Bertz CT molecular complexity index is 933. The summed E-state index contributed by atoms with van der Waals surface area (Å²) in [7, 11) is -3.22. The van der Waals surface area contributed by atoms with Crippen LogP contribution in [0.15, 0.2) is 57.8 Å². The van der Waals surface area contributed by atoms with Gasteiger partial charge in [-0.2, -0.15) is 0 Å². The van der Waals surface area contributed by atoms with Crippen LogP contribution in [0.3, 0.4) is 0 Å². The van der Waals surface area contributed by atoms with Crippen molar-refractivity contribution in [2.75, 3.05) is 17.3 Å². The highest BCUT2D eigenvalue weighted by Crippen LogP contribution is 2.26. The first-order valence-corrected chi connectivity index (χ1v) is 8.58. The largest absolute Gasteiger partial charge is 0.403 e. The van der Waals surface area contributed by atoms with E-state index in [4.69, 9.17) is 10.2 Å². The van der Waals surface area contributed by atoms with Gasteiger partial charge in [0.2, 0.25) is 0 Å².